The third-order valence-electron chi connectivity index (χ3n) is 3.44. The van der Waals surface area contributed by atoms with E-state index in [9.17, 15) is 0 Å². The maximum atomic E-state index is 5.93. The first-order valence-corrected chi connectivity index (χ1v) is 7.22. The van der Waals surface area contributed by atoms with Crippen LogP contribution in [-0.4, -0.2) is 31.4 Å². The van der Waals surface area contributed by atoms with E-state index < -0.39 is 0 Å². The minimum atomic E-state index is 0.0722. The molecule has 1 heterocycles. The molecular weight excluding hydrogens is 238 g/mol. The number of hydrogen-bond acceptors (Lipinski definition) is 3. The molecule has 1 aromatic rings. The van der Waals surface area contributed by atoms with Crippen LogP contribution < -0.4 is 10.1 Å². The minimum absolute atomic E-state index is 0.0722. The monoisotopic (exact) mass is 263 g/mol. The van der Waals surface area contributed by atoms with Crippen molar-refractivity contribution in [1.82, 2.24) is 5.32 Å². The minimum Gasteiger partial charge on any atom is -0.494 e. The van der Waals surface area contributed by atoms with Gasteiger partial charge in [-0.3, -0.25) is 0 Å². The molecule has 0 spiro atoms. The smallest absolute Gasteiger partial charge is 0.119 e. The van der Waals surface area contributed by atoms with Crippen LogP contribution in [0.5, 0.6) is 5.75 Å². The zero-order valence-corrected chi connectivity index (χ0v) is 12.0. The Morgan fingerprint density at radius 2 is 2.11 bits per heavy atom. The van der Waals surface area contributed by atoms with Crippen LogP contribution >= 0.6 is 0 Å². The molecule has 2 rings (SSSR count). The van der Waals surface area contributed by atoms with Gasteiger partial charge in [0, 0.05) is 6.54 Å². The second-order valence-corrected chi connectivity index (χ2v) is 5.76. The molecule has 0 aliphatic carbocycles. The van der Waals surface area contributed by atoms with E-state index in [0.29, 0.717) is 6.10 Å². The Balaban J connectivity index is 1.49. The lowest BCUT2D eigenvalue weighted by Gasteiger charge is -2.19. The summed E-state index contributed by atoms with van der Waals surface area (Å²) in [6, 6.07) is 9.96. The summed E-state index contributed by atoms with van der Waals surface area (Å²) in [6.45, 7) is 7.03. The number of para-hydroxylation sites is 1. The van der Waals surface area contributed by atoms with Crippen molar-refractivity contribution < 1.29 is 9.47 Å². The number of ether oxygens (including phenoxy) is 2. The zero-order valence-electron chi connectivity index (χ0n) is 12.0. The van der Waals surface area contributed by atoms with Crippen LogP contribution in [-0.2, 0) is 4.74 Å². The molecule has 1 atom stereocenters. The van der Waals surface area contributed by atoms with Crippen molar-refractivity contribution in [3.63, 3.8) is 0 Å². The van der Waals surface area contributed by atoms with Gasteiger partial charge < -0.3 is 14.8 Å². The van der Waals surface area contributed by atoms with Crippen LogP contribution in [0.1, 0.15) is 33.1 Å². The van der Waals surface area contributed by atoms with E-state index in [1.807, 2.05) is 30.3 Å². The van der Waals surface area contributed by atoms with Gasteiger partial charge in [-0.05, 0) is 51.8 Å². The lowest BCUT2D eigenvalue weighted by Crippen LogP contribution is -2.30. The lowest BCUT2D eigenvalue weighted by atomic mass is 10.1. The second kappa shape index (κ2) is 6.92. The van der Waals surface area contributed by atoms with E-state index in [0.717, 1.165) is 38.3 Å². The predicted octanol–water partition coefficient (Wildman–Crippen LogP) is 3.00. The molecule has 1 N–H and O–H groups in total. The van der Waals surface area contributed by atoms with Gasteiger partial charge in [0.1, 0.15) is 5.75 Å². The molecule has 0 radical (unpaired) electrons. The molecule has 1 aliphatic heterocycles. The van der Waals surface area contributed by atoms with Gasteiger partial charge in [-0.25, -0.2) is 0 Å². The molecule has 0 amide bonds. The van der Waals surface area contributed by atoms with Gasteiger partial charge in [-0.15, -0.1) is 0 Å². The fourth-order valence-corrected chi connectivity index (χ4v) is 2.39. The molecule has 1 saturated heterocycles. The van der Waals surface area contributed by atoms with Gasteiger partial charge in [-0.2, -0.15) is 0 Å². The highest BCUT2D eigenvalue weighted by molar-refractivity contribution is 5.20. The van der Waals surface area contributed by atoms with Gasteiger partial charge in [-0.1, -0.05) is 18.2 Å². The van der Waals surface area contributed by atoms with E-state index in [-0.39, 0.29) is 5.60 Å². The highest BCUT2D eigenvalue weighted by atomic mass is 16.5. The van der Waals surface area contributed by atoms with Crippen molar-refractivity contribution in [3.05, 3.63) is 30.3 Å². The lowest BCUT2D eigenvalue weighted by molar-refractivity contribution is -0.0141. The first-order valence-electron chi connectivity index (χ1n) is 7.22. The van der Waals surface area contributed by atoms with E-state index in [1.165, 1.54) is 6.42 Å². The Bertz CT molecular complexity index is 364. The van der Waals surface area contributed by atoms with Crippen molar-refractivity contribution >= 4 is 0 Å². The van der Waals surface area contributed by atoms with Gasteiger partial charge in [0.25, 0.3) is 0 Å². The number of nitrogens with one attached hydrogen (secondary N) is 1. The van der Waals surface area contributed by atoms with Crippen molar-refractivity contribution in [2.24, 2.45) is 0 Å². The van der Waals surface area contributed by atoms with Crippen LogP contribution in [0.3, 0.4) is 0 Å². The molecule has 1 aliphatic rings. The average molecular weight is 263 g/mol. The topological polar surface area (TPSA) is 30.5 Å². The first-order chi connectivity index (χ1) is 9.16. The predicted molar refractivity (Wildman–Crippen MR) is 77.6 cm³/mol. The number of rotatable bonds is 7. The van der Waals surface area contributed by atoms with Crippen molar-refractivity contribution in [2.75, 3.05) is 19.7 Å². The number of benzene rings is 1. The first kappa shape index (κ1) is 14.4. The Morgan fingerprint density at radius 3 is 2.79 bits per heavy atom. The molecule has 1 unspecified atom stereocenters. The van der Waals surface area contributed by atoms with Crippen LogP contribution in [0, 0.1) is 0 Å². The zero-order chi connectivity index (χ0) is 13.6. The van der Waals surface area contributed by atoms with Gasteiger partial charge in [0.05, 0.1) is 18.3 Å². The molecule has 1 fully saturated rings. The Kier molecular flexibility index (Phi) is 5.23. The van der Waals surface area contributed by atoms with Crippen LogP contribution in [0.15, 0.2) is 30.3 Å². The van der Waals surface area contributed by atoms with E-state index in [4.69, 9.17) is 9.47 Å². The Labute approximate surface area is 116 Å². The summed E-state index contributed by atoms with van der Waals surface area (Å²) in [5, 5.41) is 3.45. The summed E-state index contributed by atoms with van der Waals surface area (Å²) < 4.78 is 11.6. The van der Waals surface area contributed by atoms with Gasteiger partial charge in [0.2, 0.25) is 0 Å². The summed E-state index contributed by atoms with van der Waals surface area (Å²) >= 11 is 0. The highest BCUT2D eigenvalue weighted by Gasteiger charge is 2.30. The van der Waals surface area contributed by atoms with E-state index in [2.05, 4.69) is 19.2 Å². The molecule has 19 heavy (non-hydrogen) atoms. The van der Waals surface area contributed by atoms with Crippen LogP contribution in [0.4, 0.5) is 0 Å². The third kappa shape index (κ3) is 5.21. The van der Waals surface area contributed by atoms with Crippen molar-refractivity contribution in [3.8, 4) is 5.75 Å². The Morgan fingerprint density at radius 1 is 1.32 bits per heavy atom. The van der Waals surface area contributed by atoms with Crippen LogP contribution in [0.2, 0.25) is 0 Å². The highest BCUT2D eigenvalue weighted by Crippen LogP contribution is 2.28. The average Bonchev–Trinajstić information content (AvgIpc) is 2.74. The molecule has 0 saturated carbocycles. The molecule has 106 valence electrons. The fraction of sp³-hybridized carbons (Fsp3) is 0.625. The van der Waals surface area contributed by atoms with Gasteiger partial charge in [0.15, 0.2) is 0 Å². The summed E-state index contributed by atoms with van der Waals surface area (Å²) in [5.74, 6) is 0.948. The van der Waals surface area contributed by atoms with Gasteiger partial charge >= 0.3 is 0 Å². The largest absolute Gasteiger partial charge is 0.494 e. The maximum absolute atomic E-state index is 5.93. The van der Waals surface area contributed by atoms with Crippen molar-refractivity contribution in [2.45, 2.75) is 44.8 Å². The SMILES string of the molecule is CC1(C)CCC(CNCCCOc2ccccc2)O1. The number of hydrogen-bond donors (Lipinski definition) is 1. The van der Waals surface area contributed by atoms with E-state index in [1.54, 1.807) is 0 Å². The molecule has 0 aromatic heterocycles. The molecule has 0 bridgehead atoms. The molecule has 1 aromatic carbocycles. The summed E-state index contributed by atoms with van der Waals surface area (Å²) in [7, 11) is 0. The van der Waals surface area contributed by atoms with Crippen LogP contribution in [0.25, 0.3) is 0 Å². The van der Waals surface area contributed by atoms with E-state index >= 15 is 0 Å². The van der Waals surface area contributed by atoms with Crippen molar-refractivity contribution in [1.29, 1.82) is 0 Å². The fourth-order valence-electron chi connectivity index (χ4n) is 2.39. The second-order valence-electron chi connectivity index (χ2n) is 5.76. The molecule has 3 nitrogen and oxygen atoms in total. The standard InChI is InChI=1S/C16H25NO2/c1-16(2)10-9-15(19-16)13-17-11-6-12-18-14-7-4-3-5-8-14/h3-5,7-8,15,17H,6,9-13H2,1-2H3. The molecule has 3 heteroatoms. The molecular formula is C16H25NO2. The Hall–Kier alpha value is -1.06. The quantitative estimate of drug-likeness (QED) is 0.767. The summed E-state index contributed by atoms with van der Waals surface area (Å²) in [4.78, 5) is 0. The maximum Gasteiger partial charge on any atom is 0.119 e. The normalized spacial score (nSPS) is 21.5. The summed E-state index contributed by atoms with van der Waals surface area (Å²) in [5.41, 5.74) is 0.0722. The summed E-state index contributed by atoms with van der Waals surface area (Å²) in [6.07, 6.45) is 3.73. The third-order valence-corrected chi connectivity index (χ3v) is 3.44.